The Kier molecular flexibility index (Phi) is 4.50. The van der Waals surface area contributed by atoms with Crippen molar-refractivity contribution in [1.29, 1.82) is 0 Å². The summed E-state index contributed by atoms with van der Waals surface area (Å²) in [5.41, 5.74) is 0.208. The third-order valence-electron chi connectivity index (χ3n) is 2.96. The lowest BCUT2D eigenvalue weighted by atomic mass is 9.97. The highest BCUT2D eigenvalue weighted by atomic mass is 32.1. The minimum absolute atomic E-state index is 0.0900. The lowest BCUT2D eigenvalue weighted by Gasteiger charge is -2.25. The molecule has 1 aromatic heterocycles. The van der Waals surface area contributed by atoms with Crippen LogP contribution in [0.1, 0.15) is 41.9 Å². The van der Waals surface area contributed by atoms with Crippen molar-refractivity contribution in [3.05, 3.63) is 21.9 Å². The maximum atomic E-state index is 11.8. The predicted octanol–water partition coefficient (Wildman–Crippen LogP) is 2.34. The Morgan fingerprint density at radius 1 is 1.50 bits per heavy atom. The van der Waals surface area contributed by atoms with Crippen LogP contribution in [0.5, 0.6) is 0 Å². The molecule has 0 spiro atoms. The molecule has 0 unspecified atom stereocenters. The second-order valence-electron chi connectivity index (χ2n) is 4.05. The third kappa shape index (κ3) is 3.06. The van der Waals surface area contributed by atoms with Crippen LogP contribution in [-0.2, 0) is 0 Å². The van der Waals surface area contributed by atoms with Crippen LogP contribution in [0.4, 0.5) is 0 Å². The number of carbonyl (C=O) groups excluding carboxylic acids is 1. The fraction of sp³-hybridized carbons (Fsp3) is 0.583. The first-order valence-electron chi connectivity index (χ1n) is 5.57. The normalized spacial score (nSPS) is 11.5. The summed E-state index contributed by atoms with van der Waals surface area (Å²) >= 11 is 1.43. The largest absolute Gasteiger partial charge is 0.388 e. The van der Waals surface area contributed by atoms with E-state index in [0.717, 1.165) is 10.4 Å². The van der Waals surface area contributed by atoms with Crippen molar-refractivity contribution in [3.63, 3.8) is 0 Å². The van der Waals surface area contributed by atoms with E-state index in [4.69, 9.17) is 0 Å². The first kappa shape index (κ1) is 13.2. The van der Waals surface area contributed by atoms with Crippen LogP contribution in [-0.4, -0.2) is 23.2 Å². The van der Waals surface area contributed by atoms with Gasteiger partial charge in [0.05, 0.1) is 10.5 Å². The van der Waals surface area contributed by atoms with E-state index in [1.54, 1.807) is 0 Å². The fourth-order valence-corrected chi connectivity index (χ4v) is 2.27. The quantitative estimate of drug-likeness (QED) is 0.831. The zero-order chi connectivity index (χ0) is 12.2. The maximum absolute atomic E-state index is 11.8. The van der Waals surface area contributed by atoms with Crippen LogP contribution in [0.3, 0.4) is 0 Å². The van der Waals surface area contributed by atoms with E-state index in [-0.39, 0.29) is 5.91 Å². The zero-order valence-electron chi connectivity index (χ0n) is 10.0. The third-order valence-corrected chi connectivity index (χ3v) is 3.98. The first-order chi connectivity index (χ1) is 7.52. The highest BCUT2D eigenvalue weighted by Gasteiger charge is 2.23. The molecule has 0 aliphatic carbocycles. The van der Waals surface area contributed by atoms with Crippen LogP contribution in [0.25, 0.3) is 0 Å². The summed E-state index contributed by atoms with van der Waals surface area (Å²) in [5.74, 6) is -0.0900. The van der Waals surface area contributed by atoms with Gasteiger partial charge in [-0.25, -0.2) is 0 Å². The molecule has 0 radical (unpaired) electrons. The smallest absolute Gasteiger partial charge is 0.261 e. The Morgan fingerprint density at radius 3 is 2.56 bits per heavy atom. The van der Waals surface area contributed by atoms with E-state index >= 15 is 0 Å². The summed E-state index contributed by atoms with van der Waals surface area (Å²) in [7, 11) is 0. The number of aliphatic hydroxyl groups is 1. The SMILES string of the molecule is CCC(O)(CC)CNC(=O)c1sccc1C. The first-order valence-corrected chi connectivity index (χ1v) is 6.45. The summed E-state index contributed by atoms with van der Waals surface area (Å²) in [6, 6.07) is 1.92. The van der Waals surface area contributed by atoms with Crippen molar-refractivity contribution in [2.24, 2.45) is 0 Å². The minimum atomic E-state index is -0.777. The highest BCUT2D eigenvalue weighted by molar-refractivity contribution is 7.12. The summed E-state index contributed by atoms with van der Waals surface area (Å²) < 4.78 is 0. The Bertz CT molecular complexity index is 356. The maximum Gasteiger partial charge on any atom is 0.261 e. The molecule has 0 saturated carbocycles. The van der Waals surface area contributed by atoms with Gasteiger partial charge in [0.25, 0.3) is 5.91 Å². The molecular weight excluding hydrogens is 222 g/mol. The van der Waals surface area contributed by atoms with E-state index in [1.165, 1.54) is 11.3 Å². The number of hydrogen-bond donors (Lipinski definition) is 2. The molecular formula is C12H19NO2S. The van der Waals surface area contributed by atoms with Gasteiger partial charge in [0, 0.05) is 6.54 Å². The predicted molar refractivity (Wildman–Crippen MR) is 66.9 cm³/mol. The molecule has 1 aromatic rings. The molecule has 0 atom stereocenters. The molecule has 0 saturated heterocycles. The summed E-state index contributed by atoms with van der Waals surface area (Å²) in [4.78, 5) is 12.5. The number of amides is 1. The Morgan fingerprint density at radius 2 is 2.12 bits per heavy atom. The standard InChI is InChI=1S/C12H19NO2S/c1-4-12(15,5-2)8-13-11(14)10-9(3)6-7-16-10/h6-7,15H,4-5,8H2,1-3H3,(H,13,14). The average Bonchev–Trinajstić information content (AvgIpc) is 2.72. The van der Waals surface area contributed by atoms with Crippen LogP contribution in [0.2, 0.25) is 0 Å². The van der Waals surface area contributed by atoms with Crippen molar-refractivity contribution in [1.82, 2.24) is 5.32 Å². The molecule has 0 aliphatic heterocycles. The Labute approximate surface area is 100 Å². The number of rotatable bonds is 5. The summed E-state index contributed by atoms with van der Waals surface area (Å²) in [5, 5.41) is 14.7. The van der Waals surface area contributed by atoms with Crippen LogP contribution in [0.15, 0.2) is 11.4 Å². The molecule has 2 N–H and O–H groups in total. The fourth-order valence-electron chi connectivity index (χ4n) is 1.43. The molecule has 16 heavy (non-hydrogen) atoms. The van der Waals surface area contributed by atoms with Crippen molar-refractivity contribution in [3.8, 4) is 0 Å². The molecule has 0 aromatic carbocycles. The minimum Gasteiger partial charge on any atom is -0.388 e. The summed E-state index contributed by atoms with van der Waals surface area (Å²) in [6.45, 7) is 6.07. The van der Waals surface area contributed by atoms with Gasteiger partial charge in [0.2, 0.25) is 0 Å². The molecule has 1 heterocycles. The van der Waals surface area contributed by atoms with Crippen LogP contribution >= 0.6 is 11.3 Å². The van der Waals surface area contributed by atoms with E-state index in [9.17, 15) is 9.90 Å². The number of hydrogen-bond acceptors (Lipinski definition) is 3. The average molecular weight is 241 g/mol. The number of thiophene rings is 1. The molecule has 1 rings (SSSR count). The molecule has 3 nitrogen and oxygen atoms in total. The van der Waals surface area contributed by atoms with E-state index in [2.05, 4.69) is 5.32 Å². The van der Waals surface area contributed by atoms with Gasteiger partial charge in [0.15, 0.2) is 0 Å². The van der Waals surface area contributed by atoms with Gasteiger partial charge in [0.1, 0.15) is 0 Å². The van der Waals surface area contributed by atoms with Gasteiger partial charge < -0.3 is 10.4 Å². The van der Waals surface area contributed by atoms with E-state index < -0.39 is 5.60 Å². The molecule has 0 bridgehead atoms. The van der Waals surface area contributed by atoms with Crippen molar-refractivity contribution >= 4 is 17.2 Å². The number of nitrogens with one attached hydrogen (secondary N) is 1. The number of carbonyl (C=O) groups is 1. The van der Waals surface area contributed by atoms with Gasteiger partial charge in [-0.05, 0) is 36.8 Å². The lowest BCUT2D eigenvalue weighted by Crippen LogP contribution is -2.41. The van der Waals surface area contributed by atoms with Crippen LogP contribution < -0.4 is 5.32 Å². The molecule has 0 fully saturated rings. The Balaban J connectivity index is 2.57. The number of aryl methyl sites for hydroxylation is 1. The Hall–Kier alpha value is -0.870. The van der Waals surface area contributed by atoms with Crippen LogP contribution in [0, 0.1) is 6.92 Å². The highest BCUT2D eigenvalue weighted by Crippen LogP contribution is 2.17. The van der Waals surface area contributed by atoms with Crippen molar-refractivity contribution in [2.45, 2.75) is 39.2 Å². The van der Waals surface area contributed by atoms with Gasteiger partial charge in [-0.1, -0.05) is 13.8 Å². The van der Waals surface area contributed by atoms with Crippen molar-refractivity contribution < 1.29 is 9.90 Å². The molecule has 1 amide bonds. The van der Waals surface area contributed by atoms with Gasteiger partial charge in [-0.2, -0.15) is 0 Å². The van der Waals surface area contributed by atoms with Gasteiger partial charge in [-0.15, -0.1) is 11.3 Å². The second-order valence-corrected chi connectivity index (χ2v) is 4.96. The summed E-state index contributed by atoms with van der Waals surface area (Å²) in [6.07, 6.45) is 1.29. The molecule has 4 heteroatoms. The lowest BCUT2D eigenvalue weighted by molar-refractivity contribution is 0.0314. The molecule has 0 aliphatic rings. The molecule has 90 valence electrons. The topological polar surface area (TPSA) is 49.3 Å². The van der Waals surface area contributed by atoms with E-state index in [1.807, 2.05) is 32.2 Å². The monoisotopic (exact) mass is 241 g/mol. The zero-order valence-corrected chi connectivity index (χ0v) is 10.9. The van der Waals surface area contributed by atoms with Crippen molar-refractivity contribution in [2.75, 3.05) is 6.54 Å². The van der Waals surface area contributed by atoms with E-state index in [0.29, 0.717) is 19.4 Å². The van der Waals surface area contributed by atoms with Gasteiger partial charge in [-0.3, -0.25) is 4.79 Å². The van der Waals surface area contributed by atoms with Gasteiger partial charge >= 0.3 is 0 Å². The second kappa shape index (κ2) is 5.46.